The third-order valence-corrected chi connectivity index (χ3v) is 3.51. The van der Waals surface area contributed by atoms with Gasteiger partial charge < -0.3 is 9.47 Å². The predicted molar refractivity (Wildman–Crippen MR) is 90.3 cm³/mol. The van der Waals surface area contributed by atoms with Gasteiger partial charge in [0.1, 0.15) is 6.61 Å². The zero-order chi connectivity index (χ0) is 16.8. The lowest BCUT2D eigenvalue weighted by molar-refractivity contribution is 0.0376. The molecule has 0 atom stereocenters. The van der Waals surface area contributed by atoms with Crippen molar-refractivity contribution in [2.45, 2.75) is 26.6 Å². The van der Waals surface area contributed by atoms with Gasteiger partial charge in [-0.05, 0) is 55.8 Å². The van der Waals surface area contributed by atoms with Crippen LogP contribution in [0.5, 0.6) is 0 Å². The molecule has 2 rings (SSSR count). The summed E-state index contributed by atoms with van der Waals surface area (Å²) < 4.78 is 11.3. The number of ether oxygens (including phenoxy) is 2. The second-order valence-electron chi connectivity index (χ2n) is 5.23. The van der Waals surface area contributed by atoms with Crippen LogP contribution in [0, 0.1) is 0 Å². The van der Waals surface area contributed by atoms with Gasteiger partial charge in [0.25, 0.3) is 0 Å². The molecular weight excluding hydrogens is 360 g/mol. The normalized spacial score (nSPS) is 10.4. The molecule has 0 saturated heterocycles. The maximum Gasteiger partial charge on any atom is 0.338 e. The molecular formula is C18H17BrO4. The third kappa shape index (κ3) is 5.21. The van der Waals surface area contributed by atoms with E-state index in [4.69, 9.17) is 9.47 Å². The Morgan fingerprint density at radius 1 is 0.913 bits per heavy atom. The quantitative estimate of drug-likeness (QED) is 0.726. The van der Waals surface area contributed by atoms with Crippen molar-refractivity contribution in [1.82, 2.24) is 0 Å². The predicted octanol–water partition coefficient (Wildman–Crippen LogP) is 4.37. The van der Waals surface area contributed by atoms with E-state index in [0.717, 1.165) is 10.0 Å². The van der Waals surface area contributed by atoms with Crippen LogP contribution in [0.2, 0.25) is 0 Å². The number of hydrogen-bond acceptors (Lipinski definition) is 4. The van der Waals surface area contributed by atoms with E-state index in [-0.39, 0.29) is 24.6 Å². The van der Waals surface area contributed by atoms with Crippen LogP contribution in [-0.2, 0) is 16.1 Å². The summed E-state index contributed by atoms with van der Waals surface area (Å²) in [7, 11) is 0. The van der Waals surface area contributed by atoms with E-state index in [2.05, 4.69) is 15.9 Å². The van der Waals surface area contributed by atoms with Gasteiger partial charge in [-0.2, -0.15) is 0 Å². The van der Waals surface area contributed by atoms with Gasteiger partial charge in [0.05, 0.1) is 17.2 Å². The highest BCUT2D eigenvalue weighted by Crippen LogP contribution is 2.13. The maximum atomic E-state index is 11.9. The van der Waals surface area contributed by atoms with E-state index in [1.807, 2.05) is 0 Å². The average molecular weight is 377 g/mol. The van der Waals surface area contributed by atoms with Crippen LogP contribution in [0.1, 0.15) is 40.1 Å². The Balaban J connectivity index is 1.92. The zero-order valence-corrected chi connectivity index (χ0v) is 14.5. The van der Waals surface area contributed by atoms with Crippen molar-refractivity contribution in [3.05, 3.63) is 69.7 Å². The first kappa shape index (κ1) is 17.2. The molecule has 0 aromatic heterocycles. The highest BCUT2D eigenvalue weighted by Gasteiger charge is 2.10. The number of hydrogen-bond donors (Lipinski definition) is 0. The summed E-state index contributed by atoms with van der Waals surface area (Å²) in [4.78, 5) is 23.6. The molecule has 0 aliphatic carbocycles. The molecule has 4 nitrogen and oxygen atoms in total. The fourth-order valence-electron chi connectivity index (χ4n) is 1.84. The number of carbonyl (C=O) groups excluding carboxylic acids is 2. The van der Waals surface area contributed by atoms with Gasteiger partial charge in [0.15, 0.2) is 0 Å². The fraction of sp³-hybridized carbons (Fsp3) is 0.222. The van der Waals surface area contributed by atoms with Gasteiger partial charge in [-0.15, -0.1) is 0 Å². The first-order valence-electron chi connectivity index (χ1n) is 7.18. The molecule has 5 heteroatoms. The van der Waals surface area contributed by atoms with Crippen LogP contribution in [0.25, 0.3) is 0 Å². The Morgan fingerprint density at radius 2 is 1.43 bits per heavy atom. The van der Waals surface area contributed by atoms with Gasteiger partial charge >= 0.3 is 11.9 Å². The van der Waals surface area contributed by atoms with E-state index in [1.165, 1.54) is 0 Å². The highest BCUT2D eigenvalue weighted by atomic mass is 79.9. The summed E-state index contributed by atoms with van der Waals surface area (Å²) in [6.07, 6.45) is -0.158. The number of carbonyl (C=O) groups is 2. The molecule has 0 radical (unpaired) electrons. The van der Waals surface area contributed by atoms with Gasteiger partial charge in [-0.25, -0.2) is 9.59 Å². The second kappa shape index (κ2) is 7.92. The van der Waals surface area contributed by atoms with E-state index < -0.39 is 0 Å². The molecule has 2 aromatic carbocycles. The van der Waals surface area contributed by atoms with E-state index in [1.54, 1.807) is 62.4 Å². The molecule has 0 saturated carbocycles. The monoisotopic (exact) mass is 376 g/mol. The third-order valence-electron chi connectivity index (χ3n) is 2.98. The molecule has 0 N–H and O–H groups in total. The van der Waals surface area contributed by atoms with Crippen molar-refractivity contribution in [1.29, 1.82) is 0 Å². The van der Waals surface area contributed by atoms with Crippen molar-refractivity contribution >= 4 is 27.9 Å². The zero-order valence-electron chi connectivity index (χ0n) is 12.9. The van der Waals surface area contributed by atoms with Gasteiger partial charge in [0.2, 0.25) is 0 Å². The smallest absolute Gasteiger partial charge is 0.338 e. The SMILES string of the molecule is CC(C)OC(=O)c1ccc(COC(=O)c2ccc(Br)cc2)cc1. The fourth-order valence-corrected chi connectivity index (χ4v) is 2.10. The van der Waals surface area contributed by atoms with Crippen LogP contribution in [0.15, 0.2) is 53.0 Å². The van der Waals surface area contributed by atoms with Crippen molar-refractivity contribution < 1.29 is 19.1 Å². The van der Waals surface area contributed by atoms with Crippen LogP contribution in [-0.4, -0.2) is 18.0 Å². The van der Waals surface area contributed by atoms with Crippen LogP contribution >= 0.6 is 15.9 Å². The molecule has 0 aliphatic rings. The lowest BCUT2D eigenvalue weighted by Crippen LogP contribution is -2.11. The Bertz CT molecular complexity index is 675. The molecule has 0 amide bonds. The van der Waals surface area contributed by atoms with Gasteiger partial charge in [0, 0.05) is 4.47 Å². The number of rotatable bonds is 5. The first-order valence-corrected chi connectivity index (χ1v) is 7.97. The molecule has 23 heavy (non-hydrogen) atoms. The lowest BCUT2D eigenvalue weighted by atomic mass is 10.1. The summed E-state index contributed by atoms with van der Waals surface area (Å²) >= 11 is 3.31. The summed E-state index contributed by atoms with van der Waals surface area (Å²) in [5.41, 5.74) is 1.77. The molecule has 0 heterocycles. The molecule has 0 bridgehead atoms. The summed E-state index contributed by atoms with van der Waals surface area (Å²) in [6.45, 7) is 3.75. The minimum Gasteiger partial charge on any atom is -0.459 e. The van der Waals surface area contributed by atoms with E-state index >= 15 is 0 Å². The van der Waals surface area contributed by atoms with Crippen molar-refractivity contribution in [3.63, 3.8) is 0 Å². The Hall–Kier alpha value is -2.14. The van der Waals surface area contributed by atoms with Gasteiger partial charge in [-0.1, -0.05) is 28.1 Å². The molecule has 2 aromatic rings. The Morgan fingerprint density at radius 3 is 2.00 bits per heavy atom. The standard InChI is InChI=1S/C18H17BrO4/c1-12(2)23-18(21)15-5-3-13(4-6-15)11-22-17(20)14-7-9-16(19)10-8-14/h3-10,12H,11H2,1-2H3. The second-order valence-corrected chi connectivity index (χ2v) is 6.15. The molecule has 0 unspecified atom stereocenters. The van der Waals surface area contributed by atoms with E-state index in [0.29, 0.717) is 11.1 Å². The minimum absolute atomic E-state index is 0.147. The summed E-state index contributed by atoms with van der Waals surface area (Å²) in [6, 6.07) is 13.8. The van der Waals surface area contributed by atoms with Crippen molar-refractivity contribution in [3.8, 4) is 0 Å². The van der Waals surface area contributed by atoms with Crippen LogP contribution in [0.3, 0.4) is 0 Å². The first-order chi connectivity index (χ1) is 11.0. The number of halogens is 1. The van der Waals surface area contributed by atoms with Crippen molar-refractivity contribution in [2.75, 3.05) is 0 Å². The topological polar surface area (TPSA) is 52.6 Å². The average Bonchev–Trinajstić information content (AvgIpc) is 2.53. The molecule has 120 valence electrons. The number of esters is 2. The minimum atomic E-state index is -0.388. The largest absolute Gasteiger partial charge is 0.459 e. The Kier molecular flexibility index (Phi) is 5.93. The van der Waals surface area contributed by atoms with Gasteiger partial charge in [-0.3, -0.25) is 0 Å². The number of benzene rings is 2. The lowest BCUT2D eigenvalue weighted by Gasteiger charge is -2.09. The molecule has 0 fully saturated rings. The molecule has 0 spiro atoms. The van der Waals surface area contributed by atoms with Crippen LogP contribution in [0.4, 0.5) is 0 Å². The summed E-state index contributed by atoms with van der Waals surface area (Å²) in [5.74, 6) is -0.751. The summed E-state index contributed by atoms with van der Waals surface area (Å²) in [5, 5.41) is 0. The molecule has 0 aliphatic heterocycles. The maximum absolute atomic E-state index is 11.9. The Labute approximate surface area is 143 Å². The van der Waals surface area contributed by atoms with Crippen molar-refractivity contribution in [2.24, 2.45) is 0 Å². The van der Waals surface area contributed by atoms with Crippen LogP contribution < -0.4 is 0 Å². The highest BCUT2D eigenvalue weighted by molar-refractivity contribution is 9.10. The van der Waals surface area contributed by atoms with E-state index in [9.17, 15) is 9.59 Å².